The number of nitrogens with zero attached hydrogens (tertiary/aromatic N) is 6. The Kier molecular flexibility index (Phi) is 16.7. The highest BCUT2D eigenvalue weighted by atomic mass is 16.6. The van der Waals surface area contributed by atoms with Crippen molar-refractivity contribution in [1.29, 1.82) is 0 Å². The first kappa shape index (κ1) is 48.3. The molecular formula is C50H50N6O11. The zero-order valence-corrected chi connectivity index (χ0v) is 37.7. The summed E-state index contributed by atoms with van der Waals surface area (Å²) in [5.41, 5.74) is 4.70. The normalized spacial score (nSPS) is 11.4. The number of carboxylic acid groups (broad SMARTS) is 1. The number of ether oxygens (including phenoxy) is 6. The van der Waals surface area contributed by atoms with Gasteiger partial charge < -0.3 is 38.4 Å². The molecule has 0 radical (unpaired) electrons. The van der Waals surface area contributed by atoms with Crippen molar-refractivity contribution in [3.8, 4) is 23.0 Å². The van der Waals surface area contributed by atoms with Gasteiger partial charge in [0.25, 0.3) is 5.69 Å². The molecule has 0 atom stereocenters. The van der Waals surface area contributed by atoms with Crippen LogP contribution in [0.5, 0.6) is 23.0 Å². The van der Waals surface area contributed by atoms with E-state index < -0.39 is 22.5 Å². The van der Waals surface area contributed by atoms with Crippen LogP contribution < -0.4 is 23.8 Å². The monoisotopic (exact) mass is 910 g/mol. The van der Waals surface area contributed by atoms with E-state index in [9.17, 15) is 19.7 Å². The maximum absolute atomic E-state index is 12.5. The van der Waals surface area contributed by atoms with Gasteiger partial charge in [-0.25, -0.2) is 0 Å². The van der Waals surface area contributed by atoms with Gasteiger partial charge in [0.1, 0.15) is 46.6 Å². The van der Waals surface area contributed by atoms with E-state index >= 15 is 0 Å². The van der Waals surface area contributed by atoms with Gasteiger partial charge in [0, 0.05) is 36.5 Å². The summed E-state index contributed by atoms with van der Waals surface area (Å²) in [7, 11) is 6.19. The summed E-state index contributed by atoms with van der Waals surface area (Å²) in [6.45, 7) is 2.69. The molecule has 0 saturated heterocycles. The summed E-state index contributed by atoms with van der Waals surface area (Å²) in [6, 6.07) is 39.9. The average molecular weight is 911 g/mol. The standard InChI is InChI=1S/C50H50N6O11/c1-34-31-40(19-24-43(34)52-54-45-33-46(64-4)44(32-47(45)65-5)53-51-38-15-17-39(18-16-38)56(60)61)55(27-29-66-49(59)26-25-48(57)58)28-30-67-50(35-9-7-6-8-10-35,36-11-20-41(62-2)21-12-36)37-13-22-42(63-3)23-14-37/h6-24,31-33H,25-30H2,1-5H3,(H,57,58). The number of non-ortho nitro benzene ring substituents is 1. The number of aliphatic carboxylic acids is 1. The van der Waals surface area contributed by atoms with Gasteiger partial charge in [-0.1, -0.05) is 54.6 Å². The van der Waals surface area contributed by atoms with Crippen molar-refractivity contribution in [2.24, 2.45) is 20.5 Å². The molecule has 0 aliphatic heterocycles. The maximum Gasteiger partial charge on any atom is 0.306 e. The summed E-state index contributed by atoms with van der Waals surface area (Å²) in [4.78, 5) is 36.1. The first-order chi connectivity index (χ1) is 32.5. The van der Waals surface area contributed by atoms with Crippen molar-refractivity contribution in [3.63, 3.8) is 0 Å². The Labute approximate surface area is 387 Å². The molecule has 0 aliphatic rings. The molecule has 346 valence electrons. The van der Waals surface area contributed by atoms with Crippen LogP contribution in [0.4, 0.5) is 34.1 Å². The number of esters is 1. The van der Waals surface area contributed by atoms with Crippen LogP contribution in [0.3, 0.4) is 0 Å². The van der Waals surface area contributed by atoms with Crippen molar-refractivity contribution >= 4 is 46.1 Å². The molecule has 0 unspecified atom stereocenters. The number of azo groups is 2. The SMILES string of the molecule is COc1ccc(C(OCCN(CCOC(=O)CCC(=O)O)c2ccc(N=Nc3cc(OC)c(N=Nc4ccc([N+](=O)[O-])cc4)cc3OC)c(C)c2)(c2ccccc2)c2ccc(OC)cc2)cc1. The van der Waals surface area contributed by atoms with Gasteiger partial charge in [0.2, 0.25) is 0 Å². The highest BCUT2D eigenvalue weighted by Gasteiger charge is 2.38. The van der Waals surface area contributed by atoms with E-state index in [-0.39, 0.29) is 38.3 Å². The molecule has 17 heteroatoms. The number of carboxylic acids is 1. The highest BCUT2D eigenvalue weighted by Crippen LogP contribution is 2.43. The number of nitro benzene ring substituents is 1. The Bertz CT molecular complexity index is 2630. The molecule has 0 amide bonds. The number of hydrogen-bond donors (Lipinski definition) is 1. The quantitative estimate of drug-likeness (QED) is 0.0209. The third-order valence-corrected chi connectivity index (χ3v) is 10.6. The number of carbonyl (C=O) groups excluding carboxylic acids is 1. The average Bonchev–Trinajstić information content (AvgIpc) is 3.35. The van der Waals surface area contributed by atoms with Gasteiger partial charge in [0.15, 0.2) is 0 Å². The zero-order valence-electron chi connectivity index (χ0n) is 37.7. The molecule has 0 fully saturated rings. The van der Waals surface area contributed by atoms with E-state index in [1.54, 1.807) is 26.4 Å². The van der Waals surface area contributed by atoms with Crippen LogP contribution >= 0.6 is 0 Å². The van der Waals surface area contributed by atoms with E-state index in [0.717, 1.165) is 27.9 Å². The molecule has 17 nitrogen and oxygen atoms in total. The molecule has 0 spiro atoms. The topological polar surface area (TPSA) is 206 Å². The van der Waals surface area contributed by atoms with Crippen LogP contribution in [-0.2, 0) is 24.7 Å². The van der Waals surface area contributed by atoms with E-state index in [1.807, 2.05) is 109 Å². The third-order valence-electron chi connectivity index (χ3n) is 10.6. The van der Waals surface area contributed by atoms with Gasteiger partial charge in [-0.05, 0) is 83.8 Å². The van der Waals surface area contributed by atoms with Crippen LogP contribution in [0, 0.1) is 17.0 Å². The minimum atomic E-state index is -1.09. The van der Waals surface area contributed by atoms with Crippen molar-refractivity contribution in [1.82, 2.24) is 0 Å². The van der Waals surface area contributed by atoms with E-state index in [4.69, 9.17) is 33.5 Å². The van der Waals surface area contributed by atoms with Crippen LogP contribution in [0.25, 0.3) is 0 Å². The fourth-order valence-corrected chi connectivity index (χ4v) is 7.13. The minimum Gasteiger partial charge on any atom is -0.497 e. The smallest absolute Gasteiger partial charge is 0.306 e. The third kappa shape index (κ3) is 12.3. The second kappa shape index (κ2) is 23.1. The first-order valence-corrected chi connectivity index (χ1v) is 21.0. The Morgan fingerprint density at radius 3 is 1.69 bits per heavy atom. The maximum atomic E-state index is 12.5. The summed E-state index contributed by atoms with van der Waals surface area (Å²) in [5.74, 6) is 0.374. The molecule has 0 saturated carbocycles. The zero-order chi connectivity index (χ0) is 47.8. The predicted octanol–water partition coefficient (Wildman–Crippen LogP) is 11.0. The highest BCUT2D eigenvalue weighted by molar-refractivity contribution is 5.76. The predicted molar refractivity (Wildman–Crippen MR) is 250 cm³/mol. The van der Waals surface area contributed by atoms with Crippen LogP contribution in [-0.4, -0.2) is 76.7 Å². The number of aryl methyl sites for hydroxylation is 1. The molecule has 1 N–H and O–H groups in total. The lowest BCUT2D eigenvalue weighted by Gasteiger charge is -2.37. The van der Waals surface area contributed by atoms with Crippen molar-refractivity contribution in [2.45, 2.75) is 25.4 Å². The van der Waals surface area contributed by atoms with Crippen LogP contribution in [0.15, 0.2) is 154 Å². The number of nitro groups is 1. The number of hydrogen-bond acceptors (Lipinski definition) is 15. The molecule has 67 heavy (non-hydrogen) atoms. The van der Waals surface area contributed by atoms with E-state index in [0.29, 0.717) is 52.3 Å². The molecule has 0 bridgehead atoms. The Hall–Kier alpha value is -8.18. The molecule has 0 aliphatic carbocycles. The number of methoxy groups -OCH3 is 4. The molecular weight excluding hydrogens is 861 g/mol. The summed E-state index contributed by atoms with van der Waals surface area (Å²) in [6.07, 6.45) is -0.575. The van der Waals surface area contributed by atoms with Gasteiger partial charge in [0.05, 0.1) is 70.7 Å². The van der Waals surface area contributed by atoms with Crippen molar-refractivity contribution in [3.05, 3.63) is 166 Å². The van der Waals surface area contributed by atoms with Gasteiger partial charge in [-0.3, -0.25) is 19.7 Å². The Morgan fingerprint density at radius 2 is 1.16 bits per heavy atom. The van der Waals surface area contributed by atoms with E-state index in [1.165, 1.54) is 38.5 Å². The Balaban J connectivity index is 1.28. The number of benzene rings is 6. The molecule has 6 aromatic rings. The van der Waals surface area contributed by atoms with Gasteiger partial charge in [-0.2, -0.15) is 10.2 Å². The Morgan fingerprint density at radius 1 is 0.627 bits per heavy atom. The summed E-state index contributed by atoms with van der Waals surface area (Å²) in [5, 5.41) is 37.6. The van der Waals surface area contributed by atoms with Gasteiger partial charge >= 0.3 is 11.9 Å². The summed E-state index contributed by atoms with van der Waals surface area (Å²) >= 11 is 0. The van der Waals surface area contributed by atoms with Crippen molar-refractivity contribution in [2.75, 3.05) is 59.6 Å². The largest absolute Gasteiger partial charge is 0.497 e. The number of carbonyl (C=O) groups is 2. The first-order valence-electron chi connectivity index (χ1n) is 21.0. The van der Waals surface area contributed by atoms with E-state index in [2.05, 4.69) is 20.5 Å². The fraction of sp³-hybridized carbons (Fsp3) is 0.240. The molecule has 0 aromatic heterocycles. The lowest BCUT2D eigenvalue weighted by Crippen LogP contribution is -2.37. The molecule has 0 heterocycles. The molecule has 6 aromatic carbocycles. The minimum absolute atomic E-state index is 0.00911. The lowest BCUT2D eigenvalue weighted by atomic mass is 9.80. The molecule has 6 rings (SSSR count). The number of anilines is 1. The second-order valence-electron chi connectivity index (χ2n) is 14.8. The van der Waals surface area contributed by atoms with Gasteiger partial charge in [-0.15, -0.1) is 10.2 Å². The fourth-order valence-electron chi connectivity index (χ4n) is 7.13. The van der Waals surface area contributed by atoms with Crippen molar-refractivity contribution < 1.29 is 48.0 Å². The van der Waals surface area contributed by atoms with Crippen LogP contribution in [0.2, 0.25) is 0 Å². The number of rotatable bonds is 23. The lowest BCUT2D eigenvalue weighted by molar-refractivity contribution is -0.384. The second-order valence-corrected chi connectivity index (χ2v) is 14.8. The van der Waals surface area contributed by atoms with Crippen LogP contribution in [0.1, 0.15) is 35.1 Å². The summed E-state index contributed by atoms with van der Waals surface area (Å²) < 4.78 is 34.8.